The van der Waals surface area contributed by atoms with Crippen molar-refractivity contribution in [3.05, 3.63) is 28.8 Å². The maximum Gasteiger partial charge on any atom is 0.118 e. The molecule has 0 aliphatic rings. The quantitative estimate of drug-likeness (QED) is 0.774. The Bertz CT molecular complexity index is 320. The smallest absolute Gasteiger partial charge is 0.118 e. The monoisotopic (exact) mass is 193 g/mol. The highest BCUT2D eigenvalue weighted by Gasteiger charge is 2.09. The van der Waals surface area contributed by atoms with E-state index in [0.717, 1.165) is 17.5 Å². The Balaban J connectivity index is 3.02. The predicted octanol–water partition coefficient (Wildman–Crippen LogP) is 2.46. The van der Waals surface area contributed by atoms with Crippen molar-refractivity contribution in [1.29, 1.82) is 0 Å². The van der Waals surface area contributed by atoms with Crippen LogP contribution in [0.1, 0.15) is 36.0 Å². The molecule has 0 fully saturated rings. The third kappa shape index (κ3) is 2.26. The fourth-order valence-electron chi connectivity index (χ4n) is 1.76. The van der Waals surface area contributed by atoms with Gasteiger partial charge in [-0.1, -0.05) is 13.0 Å². The molecule has 3 N–H and O–H groups in total. The lowest BCUT2D eigenvalue weighted by Gasteiger charge is -2.15. The first-order valence-electron chi connectivity index (χ1n) is 5.06. The molecule has 2 nitrogen and oxygen atoms in total. The van der Waals surface area contributed by atoms with E-state index >= 15 is 0 Å². The van der Waals surface area contributed by atoms with Gasteiger partial charge in [-0.05, 0) is 55.5 Å². The summed E-state index contributed by atoms with van der Waals surface area (Å²) in [5.74, 6) is 0.852. The first-order chi connectivity index (χ1) is 6.56. The molecule has 0 heterocycles. The molecule has 0 aliphatic carbocycles. The van der Waals surface area contributed by atoms with Gasteiger partial charge in [-0.25, -0.2) is 0 Å². The van der Waals surface area contributed by atoms with E-state index in [1.165, 1.54) is 5.56 Å². The van der Waals surface area contributed by atoms with E-state index in [2.05, 4.69) is 13.0 Å². The van der Waals surface area contributed by atoms with E-state index in [1.807, 2.05) is 19.9 Å². The van der Waals surface area contributed by atoms with Crippen molar-refractivity contribution in [1.82, 2.24) is 0 Å². The minimum Gasteiger partial charge on any atom is -0.508 e. The molecule has 0 amide bonds. The van der Waals surface area contributed by atoms with Gasteiger partial charge in [-0.2, -0.15) is 0 Å². The first kappa shape index (κ1) is 11.1. The van der Waals surface area contributed by atoms with Gasteiger partial charge in [0.1, 0.15) is 5.75 Å². The Morgan fingerprint density at radius 1 is 1.29 bits per heavy atom. The number of phenols is 1. The van der Waals surface area contributed by atoms with E-state index < -0.39 is 0 Å². The van der Waals surface area contributed by atoms with E-state index in [4.69, 9.17) is 5.73 Å². The maximum absolute atomic E-state index is 9.51. The van der Waals surface area contributed by atoms with Crippen LogP contribution in [0.5, 0.6) is 5.75 Å². The summed E-state index contributed by atoms with van der Waals surface area (Å²) in [4.78, 5) is 0. The summed E-state index contributed by atoms with van der Waals surface area (Å²) < 4.78 is 0. The van der Waals surface area contributed by atoms with Crippen molar-refractivity contribution in [3.63, 3.8) is 0 Å². The Kier molecular flexibility index (Phi) is 3.53. The normalized spacial score (nSPS) is 12.9. The van der Waals surface area contributed by atoms with Crippen molar-refractivity contribution in [2.75, 3.05) is 6.54 Å². The molecule has 1 rings (SSSR count). The van der Waals surface area contributed by atoms with Crippen LogP contribution in [-0.2, 0) is 0 Å². The molecule has 1 unspecified atom stereocenters. The molecule has 1 aromatic rings. The molecule has 0 aromatic heterocycles. The van der Waals surface area contributed by atoms with Gasteiger partial charge < -0.3 is 10.8 Å². The molecule has 0 spiro atoms. The topological polar surface area (TPSA) is 46.2 Å². The highest BCUT2D eigenvalue weighted by atomic mass is 16.3. The Morgan fingerprint density at radius 2 is 1.93 bits per heavy atom. The van der Waals surface area contributed by atoms with Crippen LogP contribution < -0.4 is 5.73 Å². The molecule has 2 heteroatoms. The Labute approximate surface area is 85.8 Å². The molecule has 0 bridgehead atoms. The third-order valence-corrected chi connectivity index (χ3v) is 2.72. The number of nitrogens with two attached hydrogens (primary N) is 1. The third-order valence-electron chi connectivity index (χ3n) is 2.72. The first-order valence-corrected chi connectivity index (χ1v) is 5.06. The molecule has 0 aliphatic heterocycles. The van der Waals surface area contributed by atoms with Crippen LogP contribution >= 0.6 is 0 Å². The largest absolute Gasteiger partial charge is 0.508 e. The van der Waals surface area contributed by atoms with Crippen LogP contribution in [0.25, 0.3) is 0 Å². The van der Waals surface area contributed by atoms with Gasteiger partial charge in [-0.15, -0.1) is 0 Å². The fraction of sp³-hybridized carbons (Fsp3) is 0.500. The zero-order chi connectivity index (χ0) is 10.7. The lowest BCUT2D eigenvalue weighted by Crippen LogP contribution is -2.06. The minimum atomic E-state index is 0.381. The fourth-order valence-corrected chi connectivity index (χ4v) is 1.76. The number of hydrogen-bond donors (Lipinski definition) is 2. The van der Waals surface area contributed by atoms with Crippen LogP contribution in [-0.4, -0.2) is 11.7 Å². The Morgan fingerprint density at radius 3 is 2.50 bits per heavy atom. The average molecular weight is 193 g/mol. The van der Waals surface area contributed by atoms with Gasteiger partial charge in [0.25, 0.3) is 0 Å². The summed E-state index contributed by atoms with van der Waals surface area (Å²) in [6, 6.07) is 3.89. The maximum atomic E-state index is 9.51. The Hall–Kier alpha value is -1.02. The number of rotatable bonds is 3. The molecule has 0 saturated heterocycles. The van der Waals surface area contributed by atoms with Crippen LogP contribution in [0.15, 0.2) is 12.1 Å². The number of phenolic OH excluding ortho intramolecular Hbond substituents is 1. The van der Waals surface area contributed by atoms with Gasteiger partial charge in [0.05, 0.1) is 0 Å². The van der Waals surface area contributed by atoms with E-state index in [9.17, 15) is 5.11 Å². The molecule has 0 saturated carbocycles. The zero-order valence-electron chi connectivity index (χ0n) is 9.17. The second kappa shape index (κ2) is 4.47. The summed E-state index contributed by atoms with van der Waals surface area (Å²) in [5.41, 5.74) is 8.92. The number of hydrogen-bond acceptors (Lipinski definition) is 2. The van der Waals surface area contributed by atoms with Crippen molar-refractivity contribution < 1.29 is 5.11 Å². The van der Waals surface area contributed by atoms with Crippen LogP contribution in [0.2, 0.25) is 0 Å². The van der Waals surface area contributed by atoms with Gasteiger partial charge >= 0.3 is 0 Å². The standard InChI is InChI=1S/C12H19NO/c1-8(4-5-13)11-6-10(3)12(14)7-9(11)2/h6-8,14H,4-5,13H2,1-3H3. The summed E-state index contributed by atoms with van der Waals surface area (Å²) in [5, 5.41) is 9.51. The van der Waals surface area contributed by atoms with Crippen LogP contribution in [0.3, 0.4) is 0 Å². The van der Waals surface area contributed by atoms with E-state index in [1.54, 1.807) is 0 Å². The van der Waals surface area contributed by atoms with Crippen molar-refractivity contribution in [2.24, 2.45) is 5.73 Å². The lowest BCUT2D eigenvalue weighted by atomic mass is 9.92. The summed E-state index contributed by atoms with van der Waals surface area (Å²) >= 11 is 0. The molecular formula is C12H19NO. The number of aromatic hydroxyl groups is 1. The minimum absolute atomic E-state index is 0.381. The molecule has 14 heavy (non-hydrogen) atoms. The summed E-state index contributed by atoms with van der Waals surface area (Å²) in [6.45, 7) is 6.83. The second-order valence-corrected chi connectivity index (χ2v) is 3.97. The SMILES string of the molecule is Cc1cc(C(C)CCN)c(C)cc1O. The summed E-state index contributed by atoms with van der Waals surface area (Å²) in [7, 11) is 0. The number of aryl methyl sites for hydroxylation is 2. The second-order valence-electron chi connectivity index (χ2n) is 3.97. The molecular weight excluding hydrogens is 174 g/mol. The average Bonchev–Trinajstić information content (AvgIpc) is 2.11. The highest BCUT2D eigenvalue weighted by Crippen LogP contribution is 2.28. The molecule has 78 valence electrons. The van der Waals surface area contributed by atoms with E-state index in [0.29, 0.717) is 18.2 Å². The zero-order valence-corrected chi connectivity index (χ0v) is 9.17. The van der Waals surface area contributed by atoms with Crippen molar-refractivity contribution in [3.8, 4) is 5.75 Å². The van der Waals surface area contributed by atoms with Gasteiger partial charge in [0.15, 0.2) is 0 Å². The number of benzene rings is 1. The molecule has 1 atom stereocenters. The lowest BCUT2D eigenvalue weighted by molar-refractivity contribution is 0.470. The van der Waals surface area contributed by atoms with Crippen molar-refractivity contribution in [2.45, 2.75) is 33.1 Å². The highest BCUT2D eigenvalue weighted by molar-refractivity contribution is 5.41. The van der Waals surface area contributed by atoms with E-state index in [-0.39, 0.29) is 0 Å². The van der Waals surface area contributed by atoms with Gasteiger partial charge in [-0.3, -0.25) is 0 Å². The predicted molar refractivity (Wildman–Crippen MR) is 59.7 cm³/mol. The van der Waals surface area contributed by atoms with Crippen LogP contribution in [0, 0.1) is 13.8 Å². The van der Waals surface area contributed by atoms with Gasteiger partial charge in [0.2, 0.25) is 0 Å². The van der Waals surface area contributed by atoms with Gasteiger partial charge in [0, 0.05) is 0 Å². The summed E-state index contributed by atoms with van der Waals surface area (Å²) in [6.07, 6.45) is 0.991. The van der Waals surface area contributed by atoms with Crippen LogP contribution in [0.4, 0.5) is 0 Å². The van der Waals surface area contributed by atoms with Crippen molar-refractivity contribution >= 4 is 0 Å². The molecule has 0 radical (unpaired) electrons. The molecule has 1 aromatic carbocycles.